The number of carboxylic acids is 1. The topological polar surface area (TPSA) is 87.0 Å². The SMILES string of the molecule is CCOC12CC=C(O)C(C#CC(O)C3CCCCC3)=C1CC2CCCC(=O)O. The molecule has 3 aliphatic rings. The molecule has 28 heavy (non-hydrogen) atoms. The zero-order valence-electron chi connectivity index (χ0n) is 16.7. The number of allylic oxidation sites excluding steroid dienone is 1. The second-order valence-electron chi connectivity index (χ2n) is 8.27. The maximum Gasteiger partial charge on any atom is 0.303 e. The molecule has 3 aliphatic carbocycles. The first-order valence-corrected chi connectivity index (χ1v) is 10.7. The summed E-state index contributed by atoms with van der Waals surface area (Å²) >= 11 is 0. The van der Waals surface area contributed by atoms with Crippen LogP contribution < -0.4 is 0 Å². The van der Waals surface area contributed by atoms with Crippen LogP contribution in [0.5, 0.6) is 0 Å². The first-order valence-electron chi connectivity index (χ1n) is 10.7. The molecular formula is C23H32O5. The summed E-state index contributed by atoms with van der Waals surface area (Å²) < 4.78 is 6.15. The van der Waals surface area contributed by atoms with Gasteiger partial charge in [-0.1, -0.05) is 31.1 Å². The van der Waals surface area contributed by atoms with Crippen molar-refractivity contribution in [2.24, 2.45) is 11.8 Å². The highest BCUT2D eigenvalue weighted by atomic mass is 16.5. The second-order valence-corrected chi connectivity index (χ2v) is 8.27. The second kappa shape index (κ2) is 9.15. The Bertz CT molecular complexity index is 704. The zero-order valence-corrected chi connectivity index (χ0v) is 16.7. The monoisotopic (exact) mass is 388 g/mol. The van der Waals surface area contributed by atoms with Crippen LogP contribution in [-0.2, 0) is 9.53 Å². The van der Waals surface area contributed by atoms with Crippen molar-refractivity contribution in [3.8, 4) is 11.8 Å². The molecule has 0 amide bonds. The Labute approximate surface area is 167 Å². The van der Waals surface area contributed by atoms with Crippen molar-refractivity contribution in [2.45, 2.75) is 82.8 Å². The lowest BCUT2D eigenvalue weighted by atomic mass is 9.58. The standard InChI is InChI=1S/C23H32O5/c1-2-28-23-14-13-21(25)18(11-12-20(24)16-7-4-3-5-8-16)19(23)15-17(23)9-6-10-22(26)27/h13,16-17,20,24-25H,2-10,14-15H2,1H3,(H,26,27). The number of carbonyl (C=O) groups is 1. The Morgan fingerprint density at radius 1 is 1.36 bits per heavy atom. The van der Waals surface area contributed by atoms with Crippen molar-refractivity contribution in [3.05, 3.63) is 23.0 Å². The fourth-order valence-electron chi connectivity index (χ4n) is 5.02. The van der Waals surface area contributed by atoms with E-state index in [1.54, 1.807) is 6.08 Å². The van der Waals surface area contributed by atoms with E-state index in [1.165, 1.54) is 6.42 Å². The Morgan fingerprint density at radius 2 is 2.11 bits per heavy atom. The van der Waals surface area contributed by atoms with E-state index < -0.39 is 17.7 Å². The Kier molecular flexibility index (Phi) is 6.85. The highest BCUT2D eigenvalue weighted by Crippen LogP contribution is 2.55. The smallest absolute Gasteiger partial charge is 0.303 e. The third kappa shape index (κ3) is 4.29. The molecule has 3 atom stereocenters. The average Bonchev–Trinajstić information content (AvgIpc) is 2.68. The minimum Gasteiger partial charge on any atom is -0.507 e. The summed E-state index contributed by atoms with van der Waals surface area (Å²) in [6, 6.07) is 0. The molecule has 3 N–H and O–H groups in total. The molecule has 0 spiro atoms. The number of fused-ring (bicyclic) bond motifs is 1. The summed E-state index contributed by atoms with van der Waals surface area (Å²) in [5.41, 5.74) is 1.14. The van der Waals surface area contributed by atoms with Gasteiger partial charge in [-0.3, -0.25) is 4.79 Å². The van der Waals surface area contributed by atoms with Gasteiger partial charge in [0.15, 0.2) is 0 Å². The van der Waals surface area contributed by atoms with Crippen molar-refractivity contribution in [1.29, 1.82) is 0 Å². The van der Waals surface area contributed by atoms with Crippen LogP contribution in [0.25, 0.3) is 0 Å². The third-order valence-electron chi connectivity index (χ3n) is 6.56. The maximum atomic E-state index is 10.8. The van der Waals surface area contributed by atoms with E-state index in [0.717, 1.165) is 44.1 Å². The molecule has 2 fully saturated rings. The Morgan fingerprint density at radius 3 is 2.79 bits per heavy atom. The van der Waals surface area contributed by atoms with E-state index in [9.17, 15) is 15.0 Å². The summed E-state index contributed by atoms with van der Waals surface area (Å²) in [5, 5.41) is 29.8. The van der Waals surface area contributed by atoms with Crippen LogP contribution >= 0.6 is 0 Å². The molecule has 3 unspecified atom stereocenters. The van der Waals surface area contributed by atoms with Crippen molar-refractivity contribution in [2.75, 3.05) is 6.61 Å². The van der Waals surface area contributed by atoms with Crippen LogP contribution in [0.1, 0.15) is 71.1 Å². The van der Waals surface area contributed by atoms with Crippen LogP contribution in [0.2, 0.25) is 0 Å². The largest absolute Gasteiger partial charge is 0.507 e. The first kappa shape index (κ1) is 21.0. The lowest BCUT2D eigenvalue weighted by Crippen LogP contribution is -2.53. The number of ether oxygens (including phenoxy) is 1. The predicted octanol–water partition coefficient (Wildman–Crippen LogP) is 4.12. The fraction of sp³-hybridized carbons (Fsp3) is 0.696. The van der Waals surface area contributed by atoms with Crippen LogP contribution in [0.4, 0.5) is 0 Å². The molecule has 0 aliphatic heterocycles. The average molecular weight is 389 g/mol. The van der Waals surface area contributed by atoms with Crippen molar-refractivity contribution in [1.82, 2.24) is 0 Å². The highest BCUT2D eigenvalue weighted by molar-refractivity contribution is 5.66. The van der Waals surface area contributed by atoms with Crippen LogP contribution in [0.3, 0.4) is 0 Å². The van der Waals surface area contributed by atoms with Gasteiger partial charge in [0.1, 0.15) is 11.9 Å². The molecule has 2 saturated carbocycles. The number of aliphatic hydroxyl groups is 2. The molecule has 0 aromatic rings. The van der Waals surface area contributed by atoms with Gasteiger partial charge in [0, 0.05) is 19.4 Å². The molecule has 5 nitrogen and oxygen atoms in total. The van der Waals surface area contributed by atoms with E-state index in [1.807, 2.05) is 6.92 Å². The summed E-state index contributed by atoms with van der Waals surface area (Å²) in [4.78, 5) is 10.8. The Hall–Kier alpha value is -1.77. The number of aliphatic carboxylic acids is 1. The molecule has 3 rings (SSSR count). The molecule has 0 heterocycles. The van der Waals surface area contributed by atoms with Gasteiger partial charge in [0.2, 0.25) is 0 Å². The summed E-state index contributed by atoms with van der Waals surface area (Å²) in [7, 11) is 0. The van der Waals surface area contributed by atoms with Crippen molar-refractivity contribution < 1.29 is 24.9 Å². The fourth-order valence-corrected chi connectivity index (χ4v) is 5.02. The normalized spacial score (nSPS) is 28.5. The number of hydrogen-bond donors (Lipinski definition) is 3. The molecule has 0 saturated heterocycles. The van der Waals surface area contributed by atoms with E-state index in [-0.39, 0.29) is 24.0 Å². The minimum atomic E-state index is -0.773. The van der Waals surface area contributed by atoms with Gasteiger partial charge < -0.3 is 20.1 Å². The van der Waals surface area contributed by atoms with Gasteiger partial charge in [0.25, 0.3) is 0 Å². The summed E-state index contributed by atoms with van der Waals surface area (Å²) in [6.07, 6.45) is 9.59. The molecule has 0 radical (unpaired) electrons. The van der Waals surface area contributed by atoms with Crippen LogP contribution in [0, 0.1) is 23.7 Å². The lowest BCUT2D eigenvalue weighted by molar-refractivity contribution is -0.137. The van der Waals surface area contributed by atoms with Crippen LogP contribution in [0.15, 0.2) is 23.0 Å². The highest BCUT2D eigenvalue weighted by Gasteiger charge is 2.54. The molecule has 0 bridgehead atoms. The molecule has 0 aromatic heterocycles. The molecular weight excluding hydrogens is 356 g/mol. The number of rotatable bonds is 7. The predicted molar refractivity (Wildman–Crippen MR) is 107 cm³/mol. The van der Waals surface area contributed by atoms with Gasteiger partial charge in [-0.2, -0.15) is 0 Å². The summed E-state index contributed by atoms with van der Waals surface area (Å²) in [5.74, 6) is 5.92. The maximum absolute atomic E-state index is 10.8. The zero-order chi connectivity index (χ0) is 20.1. The molecule has 0 aromatic carbocycles. The van der Waals surface area contributed by atoms with Gasteiger partial charge >= 0.3 is 5.97 Å². The molecule has 154 valence electrons. The number of hydrogen-bond acceptors (Lipinski definition) is 4. The van der Waals surface area contributed by atoms with E-state index >= 15 is 0 Å². The van der Waals surface area contributed by atoms with Gasteiger partial charge in [-0.15, -0.1) is 0 Å². The Balaban J connectivity index is 1.77. The number of aliphatic hydroxyl groups excluding tert-OH is 2. The minimum absolute atomic E-state index is 0.166. The van der Waals surface area contributed by atoms with Crippen LogP contribution in [-0.4, -0.2) is 39.6 Å². The lowest BCUT2D eigenvalue weighted by Gasteiger charge is -2.53. The third-order valence-corrected chi connectivity index (χ3v) is 6.56. The molecule has 5 heteroatoms. The summed E-state index contributed by atoms with van der Waals surface area (Å²) in [6.45, 7) is 2.51. The van der Waals surface area contributed by atoms with Gasteiger partial charge in [0.05, 0.1) is 11.2 Å². The van der Waals surface area contributed by atoms with Crippen molar-refractivity contribution in [3.63, 3.8) is 0 Å². The number of carboxylic acid groups (broad SMARTS) is 1. The van der Waals surface area contributed by atoms with Crippen molar-refractivity contribution >= 4 is 5.97 Å². The first-order chi connectivity index (χ1) is 13.5. The quantitative estimate of drug-likeness (QED) is 0.571. The van der Waals surface area contributed by atoms with Gasteiger partial charge in [-0.25, -0.2) is 0 Å². The van der Waals surface area contributed by atoms with E-state index in [2.05, 4.69) is 11.8 Å². The van der Waals surface area contributed by atoms with E-state index in [4.69, 9.17) is 9.84 Å². The van der Waals surface area contributed by atoms with E-state index in [0.29, 0.717) is 25.0 Å². The van der Waals surface area contributed by atoms with Gasteiger partial charge in [-0.05, 0) is 62.5 Å².